The van der Waals surface area contributed by atoms with Crippen molar-refractivity contribution in [3.63, 3.8) is 0 Å². The lowest BCUT2D eigenvalue weighted by molar-refractivity contribution is 0.0206. The minimum Gasteiger partial charge on any atom is -0.381 e. The molecule has 1 aliphatic rings. The molecule has 18 heavy (non-hydrogen) atoms. The third-order valence-electron chi connectivity index (χ3n) is 2.99. The summed E-state index contributed by atoms with van der Waals surface area (Å²) in [5.41, 5.74) is 0. The van der Waals surface area contributed by atoms with Crippen LogP contribution in [0.15, 0.2) is 16.9 Å². The Kier molecular flexibility index (Phi) is 4.60. The zero-order valence-corrected chi connectivity index (χ0v) is 11.8. The van der Waals surface area contributed by atoms with Gasteiger partial charge < -0.3 is 15.4 Å². The van der Waals surface area contributed by atoms with Gasteiger partial charge in [0, 0.05) is 25.9 Å². The highest BCUT2D eigenvalue weighted by atomic mass is 79.9. The van der Waals surface area contributed by atoms with Gasteiger partial charge in [0.1, 0.15) is 0 Å². The summed E-state index contributed by atoms with van der Waals surface area (Å²) in [5.74, 6) is 0. The number of nitrogens with one attached hydrogen (secondary N) is 2. The Bertz CT molecular complexity index is 404. The maximum Gasteiger partial charge on any atom is 0.315 e. The number of amides is 2. The molecule has 100 valence electrons. The molecule has 1 heterocycles. The van der Waals surface area contributed by atoms with Crippen molar-refractivity contribution in [1.29, 1.82) is 0 Å². The Morgan fingerprint density at radius 1 is 1.67 bits per heavy atom. The third kappa shape index (κ3) is 3.71. The topological polar surface area (TPSA) is 68.2 Å². The van der Waals surface area contributed by atoms with E-state index >= 15 is 0 Å². The lowest BCUT2D eigenvalue weighted by Gasteiger charge is -2.34. The number of hydrogen-bond donors (Lipinski definition) is 2. The zero-order chi connectivity index (χ0) is 13.0. The fourth-order valence-electron chi connectivity index (χ4n) is 1.86. The molecule has 1 aromatic heterocycles. The number of urea groups is 1. The highest BCUT2D eigenvalue weighted by Gasteiger charge is 2.29. The minimum atomic E-state index is -0.124. The summed E-state index contributed by atoms with van der Waals surface area (Å²) < 4.78 is 7.86. The number of methoxy groups -OCH3 is 1. The monoisotopic (exact) mass is 316 g/mol. The highest BCUT2D eigenvalue weighted by Crippen LogP contribution is 2.22. The number of nitrogens with zero attached hydrogens (tertiary/aromatic N) is 2. The van der Waals surface area contributed by atoms with Gasteiger partial charge in [-0.1, -0.05) is 0 Å². The fraction of sp³-hybridized carbons (Fsp3) is 0.636. The quantitative estimate of drug-likeness (QED) is 0.855. The van der Waals surface area contributed by atoms with Gasteiger partial charge in [0.15, 0.2) is 0 Å². The van der Waals surface area contributed by atoms with Crippen molar-refractivity contribution in [3.05, 3.63) is 16.9 Å². The maximum atomic E-state index is 11.5. The molecule has 1 fully saturated rings. The first kappa shape index (κ1) is 13.4. The van der Waals surface area contributed by atoms with Gasteiger partial charge in [0.05, 0.1) is 23.3 Å². The number of hydrogen-bond acceptors (Lipinski definition) is 3. The van der Waals surface area contributed by atoms with E-state index in [1.54, 1.807) is 18.0 Å². The van der Waals surface area contributed by atoms with E-state index in [9.17, 15) is 4.79 Å². The van der Waals surface area contributed by atoms with Crippen molar-refractivity contribution < 1.29 is 9.53 Å². The van der Waals surface area contributed by atoms with Crippen LogP contribution in [0.2, 0.25) is 0 Å². The van der Waals surface area contributed by atoms with Crippen molar-refractivity contribution in [1.82, 2.24) is 20.4 Å². The molecule has 0 spiro atoms. The predicted molar refractivity (Wildman–Crippen MR) is 70.3 cm³/mol. The van der Waals surface area contributed by atoms with Crippen LogP contribution in [0.1, 0.15) is 12.8 Å². The van der Waals surface area contributed by atoms with Crippen molar-refractivity contribution >= 4 is 22.0 Å². The molecule has 2 rings (SSSR count). The van der Waals surface area contributed by atoms with E-state index < -0.39 is 0 Å². The summed E-state index contributed by atoms with van der Waals surface area (Å²) in [5, 5.41) is 9.81. The Hall–Kier alpha value is -1.08. The van der Waals surface area contributed by atoms with Crippen LogP contribution >= 0.6 is 15.9 Å². The molecule has 2 N–H and O–H groups in total. The average molecular weight is 317 g/mol. The summed E-state index contributed by atoms with van der Waals surface area (Å²) in [4.78, 5) is 11.5. The van der Waals surface area contributed by atoms with Crippen LogP contribution in [0, 0.1) is 0 Å². The molecule has 2 amide bonds. The van der Waals surface area contributed by atoms with Crippen LogP contribution in [-0.4, -0.2) is 41.6 Å². The molecule has 1 aromatic rings. The van der Waals surface area contributed by atoms with Crippen LogP contribution in [0.3, 0.4) is 0 Å². The van der Waals surface area contributed by atoms with E-state index in [1.807, 2.05) is 6.20 Å². The van der Waals surface area contributed by atoms with Crippen molar-refractivity contribution in [2.75, 3.05) is 13.7 Å². The Morgan fingerprint density at radius 2 is 2.44 bits per heavy atom. The number of ether oxygens (including phenoxy) is 1. The highest BCUT2D eigenvalue weighted by molar-refractivity contribution is 9.10. The van der Waals surface area contributed by atoms with Crippen LogP contribution in [0.25, 0.3) is 0 Å². The van der Waals surface area contributed by atoms with Crippen molar-refractivity contribution in [2.24, 2.45) is 0 Å². The van der Waals surface area contributed by atoms with Crippen LogP contribution in [0.5, 0.6) is 0 Å². The van der Waals surface area contributed by atoms with Crippen LogP contribution in [0.4, 0.5) is 4.79 Å². The van der Waals surface area contributed by atoms with Gasteiger partial charge in [0.2, 0.25) is 0 Å². The molecule has 0 radical (unpaired) electrons. The van der Waals surface area contributed by atoms with Gasteiger partial charge in [-0.25, -0.2) is 4.79 Å². The van der Waals surface area contributed by atoms with Gasteiger partial charge in [-0.05, 0) is 28.8 Å². The Balaban J connectivity index is 1.58. The van der Waals surface area contributed by atoms with Crippen molar-refractivity contribution in [2.45, 2.75) is 31.5 Å². The van der Waals surface area contributed by atoms with Gasteiger partial charge >= 0.3 is 6.03 Å². The Morgan fingerprint density at radius 3 is 3.06 bits per heavy atom. The normalized spacial score (nSPS) is 22.3. The molecule has 0 bridgehead atoms. The van der Waals surface area contributed by atoms with E-state index in [-0.39, 0.29) is 12.1 Å². The second-order valence-corrected chi connectivity index (χ2v) is 5.26. The molecular weight excluding hydrogens is 300 g/mol. The first-order valence-electron chi connectivity index (χ1n) is 5.92. The molecule has 0 aromatic carbocycles. The lowest BCUT2D eigenvalue weighted by atomic mass is 9.89. The standard InChI is InChI=1S/C11H17BrN4O2/c1-18-10-4-9(5-10)15-11(17)13-2-3-16-7-8(12)6-14-16/h6-7,9-10H,2-5H2,1H3,(H2,13,15,17). The first-order valence-corrected chi connectivity index (χ1v) is 6.72. The summed E-state index contributed by atoms with van der Waals surface area (Å²) in [6, 6.07) is 0.120. The third-order valence-corrected chi connectivity index (χ3v) is 3.40. The second kappa shape index (κ2) is 6.19. The van der Waals surface area contributed by atoms with Gasteiger partial charge in [-0.15, -0.1) is 0 Å². The summed E-state index contributed by atoms with van der Waals surface area (Å²) >= 11 is 3.32. The van der Waals surface area contributed by atoms with E-state index in [2.05, 4.69) is 31.7 Å². The SMILES string of the molecule is COC1CC(NC(=O)NCCn2cc(Br)cn2)C1. The first-order chi connectivity index (χ1) is 8.67. The molecule has 0 aliphatic heterocycles. The van der Waals surface area contributed by atoms with Gasteiger partial charge in [-0.2, -0.15) is 5.10 Å². The largest absolute Gasteiger partial charge is 0.381 e. The number of halogens is 1. The summed E-state index contributed by atoms with van der Waals surface area (Å²) in [6.07, 6.45) is 5.69. The van der Waals surface area contributed by atoms with Crippen LogP contribution < -0.4 is 10.6 Å². The van der Waals surface area contributed by atoms with E-state index in [4.69, 9.17) is 4.74 Å². The molecule has 1 aliphatic carbocycles. The number of aromatic nitrogens is 2. The predicted octanol–water partition coefficient (Wildman–Crippen LogP) is 1.12. The minimum absolute atomic E-state index is 0.124. The molecular formula is C11H17BrN4O2. The Labute approximate surface area is 114 Å². The molecule has 6 nitrogen and oxygen atoms in total. The van der Waals surface area contributed by atoms with Crippen molar-refractivity contribution in [3.8, 4) is 0 Å². The molecule has 0 unspecified atom stereocenters. The zero-order valence-electron chi connectivity index (χ0n) is 10.2. The smallest absolute Gasteiger partial charge is 0.315 e. The van der Waals surface area contributed by atoms with E-state index in [0.29, 0.717) is 19.2 Å². The molecule has 7 heteroatoms. The number of carbonyl (C=O) groups excluding carboxylic acids is 1. The van der Waals surface area contributed by atoms with Gasteiger partial charge in [0.25, 0.3) is 0 Å². The number of carbonyl (C=O) groups is 1. The van der Waals surface area contributed by atoms with E-state index in [0.717, 1.165) is 17.3 Å². The molecule has 0 saturated heterocycles. The second-order valence-electron chi connectivity index (χ2n) is 4.35. The van der Waals surface area contributed by atoms with Gasteiger partial charge in [-0.3, -0.25) is 4.68 Å². The van der Waals surface area contributed by atoms with E-state index in [1.165, 1.54) is 0 Å². The lowest BCUT2D eigenvalue weighted by Crippen LogP contribution is -2.51. The molecule has 1 saturated carbocycles. The summed E-state index contributed by atoms with van der Waals surface area (Å²) in [6.45, 7) is 1.21. The van der Waals surface area contributed by atoms with Crippen LogP contribution in [-0.2, 0) is 11.3 Å². The number of rotatable bonds is 5. The average Bonchev–Trinajstić information content (AvgIpc) is 2.69. The fourth-order valence-corrected chi connectivity index (χ4v) is 2.18. The maximum absolute atomic E-state index is 11.5. The summed E-state index contributed by atoms with van der Waals surface area (Å²) in [7, 11) is 1.70. The molecule has 0 atom stereocenters.